The first kappa shape index (κ1) is 17.1. The second-order valence-corrected chi connectivity index (χ2v) is 3.79. The predicted octanol–water partition coefficient (Wildman–Crippen LogP) is 0.977. The molecule has 0 saturated heterocycles. The van der Waals surface area contributed by atoms with E-state index in [2.05, 4.69) is 4.84 Å². The Balaban J connectivity index is 2.10. The Hall–Kier alpha value is -1.97. The quantitative estimate of drug-likeness (QED) is 0.268. The van der Waals surface area contributed by atoms with Crippen LogP contribution in [0.3, 0.4) is 0 Å². The molecule has 8 nitrogen and oxygen atoms in total. The molecule has 0 radical (unpaired) electrons. The molecule has 0 spiro atoms. The number of hydrogen-bond donors (Lipinski definition) is 3. The zero-order chi connectivity index (χ0) is 15.5. The Morgan fingerprint density at radius 1 is 1.10 bits per heavy atom. The number of ether oxygens (including phenoxy) is 2. The largest absolute Gasteiger partial charge is 0.508 e. The molecule has 0 fully saturated rings. The van der Waals surface area contributed by atoms with E-state index in [0.717, 1.165) is 5.56 Å². The molecular weight excluding hydrogens is 282 g/mol. The number of phenolic OH excluding ortho intramolecular Hbond substituents is 1. The monoisotopic (exact) mass is 299 g/mol. The fraction of sp³-hybridized carbons (Fsp3) is 0.308. The second-order valence-electron chi connectivity index (χ2n) is 3.79. The van der Waals surface area contributed by atoms with E-state index in [1.807, 2.05) is 0 Å². The molecule has 1 aromatic rings. The molecule has 3 N–H and O–H groups in total. The number of nitrogens with zero attached hydrogens (tertiary/aromatic N) is 1. The zero-order valence-corrected chi connectivity index (χ0v) is 11.2. The average molecular weight is 299 g/mol. The summed E-state index contributed by atoms with van der Waals surface area (Å²) in [5.41, 5.74) is 0.760. The molecule has 1 rings (SSSR count). The van der Waals surface area contributed by atoms with Gasteiger partial charge in [-0.2, -0.15) is 0 Å². The van der Waals surface area contributed by atoms with Gasteiger partial charge in [-0.05, 0) is 23.8 Å². The van der Waals surface area contributed by atoms with Gasteiger partial charge in [-0.15, -0.1) is 0 Å². The van der Waals surface area contributed by atoms with Crippen molar-refractivity contribution in [1.82, 2.24) is 5.39 Å². The lowest BCUT2D eigenvalue weighted by Gasteiger charge is -2.07. The third-order valence-corrected chi connectivity index (χ3v) is 2.21. The highest BCUT2D eigenvalue weighted by atomic mass is 17.1. The highest BCUT2D eigenvalue weighted by molar-refractivity contribution is 5.87. The van der Waals surface area contributed by atoms with E-state index in [1.165, 1.54) is 18.2 Å². The van der Waals surface area contributed by atoms with Crippen LogP contribution in [-0.2, 0) is 19.1 Å². The van der Waals surface area contributed by atoms with E-state index in [1.54, 1.807) is 18.2 Å². The van der Waals surface area contributed by atoms with Crippen LogP contribution in [0, 0.1) is 0 Å². The molecular formula is C13H17NO7. The van der Waals surface area contributed by atoms with Crippen molar-refractivity contribution in [1.29, 1.82) is 0 Å². The second kappa shape index (κ2) is 9.86. The Morgan fingerprint density at radius 3 is 2.43 bits per heavy atom. The predicted molar refractivity (Wildman–Crippen MR) is 70.3 cm³/mol. The van der Waals surface area contributed by atoms with Crippen LogP contribution in [0.2, 0.25) is 0 Å². The van der Waals surface area contributed by atoms with E-state index in [9.17, 15) is 4.79 Å². The Kier molecular flexibility index (Phi) is 8.02. The molecule has 0 aliphatic heterocycles. The lowest BCUT2D eigenvalue weighted by molar-refractivity contribution is -0.493. The van der Waals surface area contributed by atoms with Crippen LogP contribution in [0.1, 0.15) is 5.56 Å². The highest BCUT2D eigenvalue weighted by Crippen LogP contribution is 2.10. The molecule has 0 aromatic heterocycles. The van der Waals surface area contributed by atoms with E-state index >= 15 is 0 Å². The molecule has 116 valence electrons. The SMILES string of the molecule is O=C(/C=C/c1ccc(O)cc1)OCCOCCON(O)O. The summed E-state index contributed by atoms with van der Waals surface area (Å²) in [6.07, 6.45) is 2.83. The standard InChI is InChI=1S/C13H17NO7/c15-12-4-1-11(2-5-12)3-6-13(16)20-9-7-19-8-10-21-14(17)18/h1-6,15,17-18H,7-10H2/b6-3+. The molecule has 21 heavy (non-hydrogen) atoms. The molecule has 8 heteroatoms. The van der Waals surface area contributed by atoms with E-state index in [0.29, 0.717) is 0 Å². The summed E-state index contributed by atoms with van der Waals surface area (Å²) >= 11 is 0. The van der Waals surface area contributed by atoms with Crippen LogP contribution >= 0.6 is 0 Å². The maximum atomic E-state index is 11.4. The van der Waals surface area contributed by atoms with Crippen LogP contribution in [-0.4, -0.2) is 53.3 Å². The van der Waals surface area contributed by atoms with Crippen LogP contribution in [0.25, 0.3) is 6.08 Å². The number of phenols is 1. The van der Waals surface area contributed by atoms with Crippen molar-refractivity contribution < 1.29 is 34.6 Å². The van der Waals surface area contributed by atoms with Crippen molar-refractivity contribution in [3.8, 4) is 5.75 Å². The van der Waals surface area contributed by atoms with Crippen molar-refractivity contribution in [2.75, 3.05) is 26.4 Å². The first-order valence-electron chi connectivity index (χ1n) is 6.10. The van der Waals surface area contributed by atoms with Crippen LogP contribution < -0.4 is 0 Å². The smallest absolute Gasteiger partial charge is 0.330 e. The van der Waals surface area contributed by atoms with Crippen molar-refractivity contribution in [3.05, 3.63) is 35.9 Å². The van der Waals surface area contributed by atoms with Gasteiger partial charge >= 0.3 is 5.97 Å². The topological polar surface area (TPSA) is 109 Å². The summed E-state index contributed by atoms with van der Waals surface area (Å²) in [5, 5.41) is 25.1. The van der Waals surface area contributed by atoms with Gasteiger partial charge in [-0.25, -0.2) is 9.63 Å². The number of esters is 1. The number of carbonyl (C=O) groups is 1. The van der Waals surface area contributed by atoms with Gasteiger partial charge in [0.25, 0.3) is 0 Å². The van der Waals surface area contributed by atoms with Gasteiger partial charge in [-0.1, -0.05) is 12.1 Å². The minimum absolute atomic E-state index is 0.0400. The summed E-state index contributed by atoms with van der Waals surface area (Å²) in [5.74, 6) is -0.360. The Bertz CT molecular complexity index is 444. The van der Waals surface area contributed by atoms with Crippen LogP contribution in [0.15, 0.2) is 30.3 Å². The van der Waals surface area contributed by atoms with Crippen molar-refractivity contribution in [3.63, 3.8) is 0 Å². The van der Waals surface area contributed by atoms with Crippen molar-refractivity contribution in [2.45, 2.75) is 0 Å². The number of carbonyl (C=O) groups excluding carboxylic acids is 1. The number of hydrogen-bond acceptors (Lipinski definition) is 8. The Labute approximate surface area is 121 Å². The van der Waals surface area contributed by atoms with Gasteiger partial charge in [0.15, 0.2) is 0 Å². The van der Waals surface area contributed by atoms with Gasteiger partial charge in [0, 0.05) is 6.08 Å². The lowest BCUT2D eigenvalue weighted by Crippen LogP contribution is -2.18. The van der Waals surface area contributed by atoms with E-state index in [-0.39, 0.29) is 32.2 Å². The number of aromatic hydroxyl groups is 1. The molecule has 0 unspecified atom stereocenters. The van der Waals surface area contributed by atoms with Gasteiger partial charge in [0.05, 0.1) is 25.2 Å². The van der Waals surface area contributed by atoms with Crippen molar-refractivity contribution >= 4 is 12.0 Å². The third kappa shape index (κ3) is 8.74. The molecule has 0 saturated carbocycles. The van der Waals surface area contributed by atoms with Crippen LogP contribution in [0.4, 0.5) is 0 Å². The first-order valence-corrected chi connectivity index (χ1v) is 6.10. The third-order valence-electron chi connectivity index (χ3n) is 2.21. The van der Waals surface area contributed by atoms with Gasteiger partial charge < -0.3 is 14.6 Å². The van der Waals surface area contributed by atoms with E-state index < -0.39 is 11.4 Å². The zero-order valence-electron chi connectivity index (χ0n) is 11.2. The maximum absolute atomic E-state index is 11.4. The fourth-order valence-electron chi connectivity index (χ4n) is 1.28. The molecule has 0 bridgehead atoms. The van der Waals surface area contributed by atoms with Crippen LogP contribution in [0.5, 0.6) is 5.75 Å². The number of benzene rings is 1. The van der Waals surface area contributed by atoms with Crippen molar-refractivity contribution in [2.24, 2.45) is 0 Å². The maximum Gasteiger partial charge on any atom is 0.330 e. The summed E-state index contributed by atoms with van der Waals surface area (Å²) in [6.45, 7) is 0.319. The summed E-state index contributed by atoms with van der Waals surface area (Å²) < 4.78 is 9.87. The summed E-state index contributed by atoms with van der Waals surface area (Å²) in [4.78, 5) is 15.6. The molecule has 0 amide bonds. The molecule has 0 aliphatic rings. The van der Waals surface area contributed by atoms with Gasteiger partial charge in [0.1, 0.15) is 12.4 Å². The van der Waals surface area contributed by atoms with Gasteiger partial charge in [0.2, 0.25) is 0 Å². The molecule has 1 aromatic carbocycles. The minimum atomic E-state index is -0.514. The number of rotatable bonds is 9. The lowest BCUT2D eigenvalue weighted by atomic mass is 10.2. The van der Waals surface area contributed by atoms with Gasteiger partial charge in [-0.3, -0.25) is 10.4 Å². The first-order chi connectivity index (χ1) is 10.1. The summed E-state index contributed by atoms with van der Waals surface area (Å²) in [7, 11) is 0. The minimum Gasteiger partial charge on any atom is -0.508 e. The molecule has 0 aliphatic carbocycles. The summed E-state index contributed by atoms with van der Waals surface area (Å²) in [6, 6.07) is 6.35. The van der Waals surface area contributed by atoms with E-state index in [4.69, 9.17) is 25.0 Å². The fourth-order valence-corrected chi connectivity index (χ4v) is 1.28. The highest BCUT2D eigenvalue weighted by Gasteiger charge is 1.98. The normalized spacial score (nSPS) is 11.2. The average Bonchev–Trinajstić information content (AvgIpc) is 2.45. The Morgan fingerprint density at radius 2 is 1.76 bits per heavy atom. The molecule has 0 heterocycles. The molecule has 0 atom stereocenters.